The van der Waals surface area contributed by atoms with Gasteiger partial charge in [-0.25, -0.2) is 0 Å². The molecular formula is C21H26Cl2N2O3. The molecule has 2 rings (SSSR count). The van der Waals surface area contributed by atoms with Gasteiger partial charge in [0.1, 0.15) is 6.04 Å². The second-order valence-electron chi connectivity index (χ2n) is 6.49. The van der Waals surface area contributed by atoms with Crippen molar-refractivity contribution in [3.8, 4) is 0 Å². The summed E-state index contributed by atoms with van der Waals surface area (Å²) in [5.41, 5.74) is 1.97. The Hall–Kier alpha value is -1.79. The van der Waals surface area contributed by atoms with E-state index < -0.39 is 6.04 Å². The van der Waals surface area contributed by atoms with Gasteiger partial charge in [-0.15, -0.1) is 0 Å². The smallest absolute Gasteiger partial charge is 0.322 e. The highest BCUT2D eigenvalue weighted by Crippen LogP contribution is 2.25. The Morgan fingerprint density at radius 2 is 1.86 bits per heavy atom. The van der Waals surface area contributed by atoms with Crippen molar-refractivity contribution in [1.82, 2.24) is 5.32 Å². The van der Waals surface area contributed by atoms with Crippen LogP contribution in [0.15, 0.2) is 48.5 Å². The van der Waals surface area contributed by atoms with Crippen LogP contribution in [0.5, 0.6) is 0 Å². The second kappa shape index (κ2) is 11.9. The average Bonchev–Trinajstić information content (AvgIpc) is 2.70. The molecule has 0 fully saturated rings. The summed E-state index contributed by atoms with van der Waals surface area (Å²) in [6, 6.07) is 14.9. The Morgan fingerprint density at radius 1 is 1.11 bits per heavy atom. The number of halogens is 2. The highest BCUT2D eigenvalue weighted by atomic mass is 35.5. The van der Waals surface area contributed by atoms with Crippen LogP contribution in [0, 0.1) is 0 Å². The number of esters is 1. The molecule has 152 valence electrons. The van der Waals surface area contributed by atoms with Gasteiger partial charge in [0, 0.05) is 24.9 Å². The molecule has 0 aliphatic heterocycles. The zero-order valence-electron chi connectivity index (χ0n) is 16.1. The zero-order chi connectivity index (χ0) is 20.4. The minimum absolute atomic E-state index is 0.0645. The number of anilines is 1. The van der Waals surface area contributed by atoms with Crippen LogP contribution in [0.25, 0.3) is 0 Å². The van der Waals surface area contributed by atoms with E-state index in [0.29, 0.717) is 36.2 Å². The molecule has 0 radical (unpaired) electrons. The normalized spacial score (nSPS) is 13.0. The maximum Gasteiger partial charge on any atom is 0.322 e. The molecule has 2 N–H and O–H groups in total. The molecule has 0 amide bonds. The Balaban J connectivity index is 1.77. The van der Waals surface area contributed by atoms with Crippen molar-refractivity contribution in [2.75, 3.05) is 25.6 Å². The zero-order valence-corrected chi connectivity index (χ0v) is 17.6. The lowest BCUT2D eigenvalue weighted by Crippen LogP contribution is -2.43. The third-order valence-electron chi connectivity index (χ3n) is 4.15. The van der Waals surface area contributed by atoms with Gasteiger partial charge in [0.25, 0.3) is 0 Å². The van der Waals surface area contributed by atoms with E-state index in [1.165, 1.54) is 7.11 Å². The Bertz CT molecular complexity index is 744. The van der Waals surface area contributed by atoms with E-state index in [9.17, 15) is 4.79 Å². The van der Waals surface area contributed by atoms with E-state index in [2.05, 4.69) is 10.6 Å². The summed E-state index contributed by atoms with van der Waals surface area (Å²) in [7, 11) is 1.39. The summed E-state index contributed by atoms with van der Waals surface area (Å²) in [6.45, 7) is 3.55. The van der Waals surface area contributed by atoms with Gasteiger partial charge in [0.2, 0.25) is 0 Å². The molecule has 0 spiro atoms. The number of rotatable bonds is 11. The van der Waals surface area contributed by atoms with Crippen LogP contribution in [-0.4, -0.2) is 38.3 Å². The molecule has 2 atom stereocenters. The minimum Gasteiger partial charge on any atom is -0.468 e. The van der Waals surface area contributed by atoms with Crippen LogP contribution in [0.3, 0.4) is 0 Å². The fourth-order valence-electron chi connectivity index (χ4n) is 2.65. The van der Waals surface area contributed by atoms with E-state index in [4.69, 9.17) is 32.7 Å². The van der Waals surface area contributed by atoms with Gasteiger partial charge in [-0.3, -0.25) is 4.79 Å². The quantitative estimate of drug-likeness (QED) is 0.409. The first-order chi connectivity index (χ1) is 13.5. The van der Waals surface area contributed by atoms with Gasteiger partial charge < -0.3 is 20.1 Å². The van der Waals surface area contributed by atoms with Crippen LogP contribution in [0.2, 0.25) is 10.0 Å². The molecule has 0 bridgehead atoms. The molecule has 2 aromatic rings. The summed E-state index contributed by atoms with van der Waals surface area (Å²) >= 11 is 12.0. The molecule has 0 aliphatic carbocycles. The molecule has 2 aromatic carbocycles. The highest BCUT2D eigenvalue weighted by molar-refractivity contribution is 6.42. The Labute approximate surface area is 176 Å². The highest BCUT2D eigenvalue weighted by Gasteiger charge is 2.19. The number of methoxy groups -OCH3 is 1. The van der Waals surface area contributed by atoms with E-state index >= 15 is 0 Å². The van der Waals surface area contributed by atoms with E-state index in [0.717, 1.165) is 11.3 Å². The first kappa shape index (κ1) is 22.5. The van der Waals surface area contributed by atoms with Gasteiger partial charge in [0.05, 0.1) is 23.8 Å². The summed E-state index contributed by atoms with van der Waals surface area (Å²) in [6.07, 6.45) is 0.527. The van der Waals surface area contributed by atoms with Gasteiger partial charge in [0.15, 0.2) is 0 Å². The lowest BCUT2D eigenvalue weighted by molar-refractivity contribution is -0.143. The minimum atomic E-state index is -0.432. The van der Waals surface area contributed by atoms with Crippen LogP contribution in [0.1, 0.15) is 18.9 Å². The van der Waals surface area contributed by atoms with E-state index in [1.54, 1.807) is 12.1 Å². The summed E-state index contributed by atoms with van der Waals surface area (Å²) in [5.74, 6) is -0.301. The van der Waals surface area contributed by atoms with Crippen molar-refractivity contribution in [2.24, 2.45) is 0 Å². The summed E-state index contributed by atoms with van der Waals surface area (Å²) in [5, 5.41) is 7.57. The van der Waals surface area contributed by atoms with Crippen LogP contribution < -0.4 is 10.6 Å². The lowest BCUT2D eigenvalue weighted by Gasteiger charge is -2.21. The summed E-state index contributed by atoms with van der Waals surface area (Å²) < 4.78 is 10.6. The van der Waals surface area contributed by atoms with E-state index in [1.807, 2.05) is 43.3 Å². The van der Waals surface area contributed by atoms with Crippen LogP contribution >= 0.6 is 23.2 Å². The molecule has 0 saturated heterocycles. The lowest BCUT2D eigenvalue weighted by atomic mass is 10.2. The molecule has 28 heavy (non-hydrogen) atoms. The molecule has 0 saturated carbocycles. The Kier molecular flexibility index (Phi) is 9.58. The third kappa shape index (κ3) is 7.68. The second-order valence-corrected chi connectivity index (χ2v) is 7.30. The van der Waals surface area contributed by atoms with Crippen molar-refractivity contribution < 1.29 is 14.3 Å². The first-order valence-electron chi connectivity index (χ1n) is 9.14. The van der Waals surface area contributed by atoms with Crippen molar-refractivity contribution in [1.29, 1.82) is 0 Å². The maximum absolute atomic E-state index is 12.0. The molecule has 0 heterocycles. The Morgan fingerprint density at radius 3 is 2.54 bits per heavy atom. The number of hydrogen-bond acceptors (Lipinski definition) is 5. The number of carbonyl (C=O) groups is 1. The van der Waals surface area contributed by atoms with Crippen molar-refractivity contribution >= 4 is 34.9 Å². The molecule has 5 nitrogen and oxygen atoms in total. The fraction of sp³-hybridized carbons (Fsp3) is 0.381. The monoisotopic (exact) mass is 424 g/mol. The predicted octanol–water partition coefficient (Wildman–Crippen LogP) is 4.53. The SMILES string of the molecule is COC(=O)C(CCOCc1ccccc1)NCC(C)Nc1ccc(Cl)c(Cl)c1. The largest absolute Gasteiger partial charge is 0.468 e. The van der Waals surface area contributed by atoms with Gasteiger partial charge >= 0.3 is 5.97 Å². The van der Waals surface area contributed by atoms with Gasteiger partial charge in [-0.1, -0.05) is 53.5 Å². The number of nitrogens with one attached hydrogen (secondary N) is 2. The predicted molar refractivity (Wildman–Crippen MR) is 114 cm³/mol. The standard InChI is InChI=1S/C21H26Cl2N2O3/c1-15(25-17-8-9-18(22)19(23)12-17)13-24-20(21(26)27-2)10-11-28-14-16-6-4-3-5-7-16/h3-9,12,15,20,24-25H,10-11,13-14H2,1-2H3. The van der Waals surface area contributed by atoms with Crippen molar-refractivity contribution in [3.63, 3.8) is 0 Å². The molecule has 0 aliphatic rings. The van der Waals surface area contributed by atoms with Crippen molar-refractivity contribution in [2.45, 2.75) is 32.0 Å². The number of benzene rings is 2. The molecule has 0 aromatic heterocycles. The molecular weight excluding hydrogens is 399 g/mol. The molecule has 7 heteroatoms. The van der Waals surface area contributed by atoms with Gasteiger partial charge in [-0.05, 0) is 37.1 Å². The fourth-order valence-corrected chi connectivity index (χ4v) is 2.95. The maximum atomic E-state index is 12.0. The topological polar surface area (TPSA) is 59.6 Å². The van der Waals surface area contributed by atoms with Crippen molar-refractivity contribution in [3.05, 3.63) is 64.1 Å². The molecule has 2 unspecified atom stereocenters. The number of ether oxygens (including phenoxy) is 2. The first-order valence-corrected chi connectivity index (χ1v) is 9.89. The summed E-state index contributed by atoms with van der Waals surface area (Å²) in [4.78, 5) is 12.0. The van der Waals surface area contributed by atoms with Gasteiger partial charge in [-0.2, -0.15) is 0 Å². The van der Waals surface area contributed by atoms with E-state index in [-0.39, 0.29) is 12.0 Å². The number of carbonyl (C=O) groups excluding carboxylic acids is 1. The third-order valence-corrected chi connectivity index (χ3v) is 4.89. The van der Waals surface area contributed by atoms with Crippen LogP contribution in [-0.2, 0) is 20.9 Å². The van der Waals surface area contributed by atoms with Crippen LogP contribution in [0.4, 0.5) is 5.69 Å². The number of hydrogen-bond donors (Lipinski definition) is 2. The average molecular weight is 425 g/mol.